The summed E-state index contributed by atoms with van der Waals surface area (Å²) in [6.07, 6.45) is 2.61. The van der Waals surface area contributed by atoms with Crippen molar-refractivity contribution in [3.8, 4) is 0 Å². The molecule has 132 valence electrons. The third-order valence-corrected chi connectivity index (χ3v) is 5.06. The lowest BCUT2D eigenvalue weighted by Gasteiger charge is -2.38. The molecule has 1 N–H and O–H groups in total. The lowest BCUT2D eigenvalue weighted by atomic mass is 10.0. The quantitative estimate of drug-likeness (QED) is 0.911. The molecule has 3 heterocycles. The summed E-state index contributed by atoms with van der Waals surface area (Å²) in [5.74, 6) is -2.83. The van der Waals surface area contributed by atoms with Gasteiger partial charge >= 0.3 is 0 Å². The largest absolute Gasteiger partial charge is 0.395 e. The number of nitrogens with zero attached hydrogens (tertiary/aromatic N) is 3. The number of hydrogen-bond acceptors (Lipinski definition) is 4. The standard InChI is InChI=1S/C17H23F2N3O2/c1-12-3-2-6-20-15(12)16(24)21-7-4-13(5-8-21)22-11-17(18,19)9-14(22)10-23/h2-3,6,13-14,23H,4-5,7-11H2,1H3/t14-/m0/s1. The van der Waals surface area contributed by atoms with Crippen LogP contribution in [0, 0.1) is 6.92 Å². The average molecular weight is 339 g/mol. The zero-order chi connectivity index (χ0) is 17.3. The molecule has 0 unspecified atom stereocenters. The molecule has 5 nitrogen and oxygen atoms in total. The minimum absolute atomic E-state index is 0.00981. The molecule has 2 fully saturated rings. The van der Waals surface area contributed by atoms with Crippen molar-refractivity contribution in [2.24, 2.45) is 0 Å². The Morgan fingerprint density at radius 3 is 2.75 bits per heavy atom. The van der Waals surface area contributed by atoms with Crippen molar-refractivity contribution in [2.45, 2.75) is 44.2 Å². The highest BCUT2D eigenvalue weighted by Crippen LogP contribution is 2.35. The van der Waals surface area contributed by atoms with Crippen molar-refractivity contribution in [1.82, 2.24) is 14.8 Å². The van der Waals surface area contributed by atoms with Crippen LogP contribution in [0.5, 0.6) is 0 Å². The van der Waals surface area contributed by atoms with E-state index >= 15 is 0 Å². The molecule has 2 aliphatic heterocycles. The number of likely N-dealkylation sites (tertiary alicyclic amines) is 2. The van der Waals surface area contributed by atoms with Crippen LogP contribution in [0.2, 0.25) is 0 Å². The number of piperidine rings is 1. The first kappa shape index (κ1) is 17.2. The minimum Gasteiger partial charge on any atom is -0.395 e. The average Bonchev–Trinajstić information content (AvgIpc) is 2.90. The maximum atomic E-state index is 13.6. The number of rotatable bonds is 3. The monoisotopic (exact) mass is 339 g/mol. The number of aliphatic hydroxyl groups excluding tert-OH is 1. The summed E-state index contributed by atoms with van der Waals surface area (Å²) < 4.78 is 27.3. The molecule has 2 aliphatic rings. The Hall–Kier alpha value is -1.60. The Bertz CT molecular complexity index is 603. The van der Waals surface area contributed by atoms with Crippen molar-refractivity contribution in [3.63, 3.8) is 0 Å². The smallest absolute Gasteiger partial charge is 0.272 e. The molecule has 0 aromatic carbocycles. The van der Waals surface area contributed by atoms with Crippen LogP contribution >= 0.6 is 0 Å². The summed E-state index contributed by atoms with van der Waals surface area (Å²) in [7, 11) is 0. The molecule has 0 saturated carbocycles. The molecule has 1 atom stereocenters. The number of aromatic nitrogens is 1. The maximum absolute atomic E-state index is 13.6. The van der Waals surface area contributed by atoms with Crippen LogP contribution in [-0.2, 0) is 0 Å². The summed E-state index contributed by atoms with van der Waals surface area (Å²) >= 11 is 0. The van der Waals surface area contributed by atoms with E-state index in [1.807, 2.05) is 13.0 Å². The fraction of sp³-hybridized carbons (Fsp3) is 0.647. The molecule has 0 radical (unpaired) electrons. The Kier molecular flexibility index (Phi) is 4.83. The topological polar surface area (TPSA) is 56.7 Å². The van der Waals surface area contributed by atoms with Gasteiger partial charge in [-0.3, -0.25) is 14.7 Å². The third-order valence-electron chi connectivity index (χ3n) is 5.06. The predicted octanol–water partition coefficient (Wildman–Crippen LogP) is 1.70. The second-order valence-corrected chi connectivity index (χ2v) is 6.76. The molecule has 2 saturated heterocycles. The molecule has 0 bridgehead atoms. The van der Waals surface area contributed by atoms with Gasteiger partial charge in [-0.15, -0.1) is 0 Å². The summed E-state index contributed by atoms with van der Waals surface area (Å²) in [5.41, 5.74) is 1.29. The maximum Gasteiger partial charge on any atom is 0.272 e. The molecule has 7 heteroatoms. The normalized spacial score (nSPS) is 25.2. The lowest BCUT2D eigenvalue weighted by molar-refractivity contribution is 0.00294. The lowest BCUT2D eigenvalue weighted by Crippen LogP contribution is -2.49. The highest BCUT2D eigenvalue weighted by molar-refractivity contribution is 5.93. The zero-order valence-electron chi connectivity index (χ0n) is 13.8. The molecule has 0 spiro atoms. The number of aryl methyl sites for hydroxylation is 1. The number of alkyl halides is 2. The van der Waals surface area contributed by atoms with Crippen molar-refractivity contribution < 1.29 is 18.7 Å². The molecule has 3 rings (SSSR count). The first-order valence-electron chi connectivity index (χ1n) is 8.36. The van der Waals surface area contributed by atoms with Crippen LogP contribution in [0.4, 0.5) is 8.78 Å². The number of pyridine rings is 1. The van der Waals surface area contributed by atoms with Gasteiger partial charge in [0.25, 0.3) is 11.8 Å². The van der Waals surface area contributed by atoms with Crippen molar-refractivity contribution >= 4 is 5.91 Å². The van der Waals surface area contributed by atoms with Crippen molar-refractivity contribution in [1.29, 1.82) is 0 Å². The number of carbonyl (C=O) groups excluding carboxylic acids is 1. The SMILES string of the molecule is Cc1cccnc1C(=O)N1CCC(N2CC(F)(F)C[C@H]2CO)CC1. The second-order valence-electron chi connectivity index (χ2n) is 6.76. The number of hydrogen-bond donors (Lipinski definition) is 1. The van der Waals surface area contributed by atoms with E-state index in [4.69, 9.17) is 0 Å². The Labute approximate surface area is 140 Å². The van der Waals surface area contributed by atoms with Gasteiger partial charge in [-0.2, -0.15) is 0 Å². The van der Waals surface area contributed by atoms with E-state index < -0.39 is 12.0 Å². The van der Waals surface area contributed by atoms with Gasteiger partial charge in [-0.1, -0.05) is 6.07 Å². The Balaban J connectivity index is 1.62. The van der Waals surface area contributed by atoms with E-state index in [2.05, 4.69) is 4.98 Å². The highest BCUT2D eigenvalue weighted by Gasteiger charge is 2.47. The van der Waals surface area contributed by atoms with Gasteiger partial charge in [0.05, 0.1) is 13.2 Å². The zero-order valence-corrected chi connectivity index (χ0v) is 13.8. The van der Waals surface area contributed by atoms with Crippen molar-refractivity contribution in [3.05, 3.63) is 29.6 Å². The van der Waals surface area contributed by atoms with Gasteiger partial charge in [0, 0.05) is 37.8 Å². The van der Waals surface area contributed by atoms with E-state index in [9.17, 15) is 18.7 Å². The van der Waals surface area contributed by atoms with E-state index in [0.717, 1.165) is 5.56 Å². The number of aliphatic hydroxyl groups is 1. The fourth-order valence-corrected chi connectivity index (χ4v) is 3.78. The summed E-state index contributed by atoms with van der Waals surface area (Å²) in [6.45, 7) is 2.36. The fourth-order valence-electron chi connectivity index (χ4n) is 3.78. The molecule has 1 amide bonds. The predicted molar refractivity (Wildman–Crippen MR) is 85.0 cm³/mol. The van der Waals surface area contributed by atoms with Crippen LogP contribution in [0.1, 0.15) is 35.3 Å². The van der Waals surface area contributed by atoms with Gasteiger partial charge in [-0.05, 0) is 31.4 Å². The first-order valence-corrected chi connectivity index (χ1v) is 8.36. The van der Waals surface area contributed by atoms with Crippen LogP contribution < -0.4 is 0 Å². The van der Waals surface area contributed by atoms with E-state index in [1.165, 1.54) is 0 Å². The van der Waals surface area contributed by atoms with Crippen LogP contribution in [-0.4, -0.2) is 70.0 Å². The van der Waals surface area contributed by atoms with E-state index in [0.29, 0.717) is 31.6 Å². The molecule has 0 aliphatic carbocycles. The second kappa shape index (κ2) is 6.72. The summed E-state index contributed by atoms with van der Waals surface area (Å²) in [4.78, 5) is 20.2. The highest BCUT2D eigenvalue weighted by atomic mass is 19.3. The number of halogens is 2. The third kappa shape index (κ3) is 3.42. The van der Waals surface area contributed by atoms with Gasteiger partial charge in [0.15, 0.2) is 0 Å². The number of amides is 1. The van der Waals surface area contributed by atoms with Gasteiger partial charge in [-0.25, -0.2) is 8.78 Å². The van der Waals surface area contributed by atoms with E-state index in [1.54, 1.807) is 22.1 Å². The molecular formula is C17H23F2N3O2. The Morgan fingerprint density at radius 1 is 1.42 bits per heavy atom. The molecule has 24 heavy (non-hydrogen) atoms. The van der Waals surface area contributed by atoms with Gasteiger partial charge in [0.2, 0.25) is 0 Å². The van der Waals surface area contributed by atoms with Crippen LogP contribution in [0.15, 0.2) is 18.3 Å². The van der Waals surface area contributed by atoms with E-state index in [-0.39, 0.29) is 31.5 Å². The molecular weight excluding hydrogens is 316 g/mol. The minimum atomic E-state index is -2.73. The van der Waals surface area contributed by atoms with Crippen LogP contribution in [0.3, 0.4) is 0 Å². The summed E-state index contributed by atoms with van der Waals surface area (Å²) in [5, 5.41) is 9.37. The Morgan fingerprint density at radius 2 is 2.12 bits per heavy atom. The van der Waals surface area contributed by atoms with Gasteiger partial charge in [0.1, 0.15) is 5.69 Å². The van der Waals surface area contributed by atoms with Gasteiger partial charge < -0.3 is 10.0 Å². The van der Waals surface area contributed by atoms with Crippen LogP contribution in [0.25, 0.3) is 0 Å². The molecule has 1 aromatic heterocycles. The first-order chi connectivity index (χ1) is 11.4. The molecule has 1 aromatic rings. The van der Waals surface area contributed by atoms with Crippen molar-refractivity contribution in [2.75, 3.05) is 26.2 Å². The number of carbonyl (C=O) groups is 1. The summed E-state index contributed by atoms with van der Waals surface area (Å²) in [6, 6.07) is 3.15.